The molecular formula is C15H11ClN2O4. The van der Waals surface area contributed by atoms with Gasteiger partial charge in [0.25, 0.3) is 5.69 Å². The molecule has 2 aliphatic carbocycles. The zero-order valence-corrected chi connectivity index (χ0v) is 12.1. The van der Waals surface area contributed by atoms with Crippen LogP contribution in [0.2, 0.25) is 5.02 Å². The summed E-state index contributed by atoms with van der Waals surface area (Å²) in [5, 5.41) is 11.4. The Morgan fingerprint density at radius 2 is 1.73 bits per heavy atom. The number of hydrogen-bond acceptors (Lipinski definition) is 4. The number of nitro groups is 1. The van der Waals surface area contributed by atoms with Crippen molar-refractivity contribution in [3.63, 3.8) is 0 Å². The molecule has 1 aromatic carbocycles. The van der Waals surface area contributed by atoms with Gasteiger partial charge in [-0.25, -0.2) is 4.90 Å². The van der Waals surface area contributed by atoms with Crippen LogP contribution in [-0.4, -0.2) is 16.7 Å². The van der Waals surface area contributed by atoms with Crippen molar-refractivity contribution in [2.24, 2.45) is 23.7 Å². The molecule has 0 spiro atoms. The van der Waals surface area contributed by atoms with Crippen LogP contribution < -0.4 is 4.90 Å². The smallest absolute Gasteiger partial charge is 0.274 e. The average molecular weight is 319 g/mol. The summed E-state index contributed by atoms with van der Waals surface area (Å²) in [5.41, 5.74) is -0.312. The molecule has 1 saturated heterocycles. The molecule has 0 N–H and O–H groups in total. The molecule has 112 valence electrons. The highest BCUT2D eigenvalue weighted by Crippen LogP contribution is 2.53. The van der Waals surface area contributed by atoms with Crippen molar-refractivity contribution in [3.05, 3.63) is 45.5 Å². The lowest BCUT2D eigenvalue weighted by Crippen LogP contribution is -2.33. The minimum absolute atomic E-state index is 0.0122. The standard InChI is InChI=1S/C15H11ClN2O4/c16-9-3-4-10(11(6-9)18(21)22)17-14(19)12-7-1-2-8(5-7)13(12)15(17)20/h1-4,6-8,12-13H,5H2/t7-,8-,12-,13+/m0/s1. The molecule has 22 heavy (non-hydrogen) atoms. The Kier molecular flexibility index (Phi) is 2.69. The fraction of sp³-hybridized carbons (Fsp3) is 0.333. The molecule has 0 radical (unpaired) electrons. The number of fused-ring (bicyclic) bond motifs is 5. The summed E-state index contributed by atoms with van der Waals surface area (Å²) in [6, 6.07) is 3.98. The van der Waals surface area contributed by atoms with E-state index < -0.39 is 4.92 Å². The summed E-state index contributed by atoms with van der Waals surface area (Å²) in [7, 11) is 0. The molecule has 4 atom stereocenters. The van der Waals surface area contributed by atoms with Crippen LogP contribution in [-0.2, 0) is 9.59 Å². The van der Waals surface area contributed by atoms with Crippen molar-refractivity contribution in [3.8, 4) is 0 Å². The van der Waals surface area contributed by atoms with Gasteiger partial charge in [0, 0.05) is 11.1 Å². The first kappa shape index (κ1) is 13.5. The second-order valence-corrected chi connectivity index (χ2v) is 6.34. The number of benzene rings is 1. The van der Waals surface area contributed by atoms with Gasteiger partial charge >= 0.3 is 0 Å². The highest BCUT2D eigenvalue weighted by atomic mass is 35.5. The molecule has 3 aliphatic rings. The van der Waals surface area contributed by atoms with Gasteiger partial charge in [-0.3, -0.25) is 19.7 Å². The first-order valence-electron chi connectivity index (χ1n) is 6.99. The Labute approximate surface area is 130 Å². The van der Waals surface area contributed by atoms with Gasteiger partial charge in [-0.15, -0.1) is 0 Å². The van der Waals surface area contributed by atoms with E-state index in [1.807, 2.05) is 12.2 Å². The molecule has 1 aliphatic heterocycles. The van der Waals surface area contributed by atoms with Gasteiger partial charge in [0.2, 0.25) is 11.8 Å². The monoisotopic (exact) mass is 318 g/mol. The number of allylic oxidation sites excluding steroid dienone is 2. The molecule has 2 fully saturated rings. The fourth-order valence-electron chi connectivity index (χ4n) is 3.97. The van der Waals surface area contributed by atoms with E-state index in [9.17, 15) is 19.7 Å². The maximum atomic E-state index is 12.7. The summed E-state index contributed by atoms with van der Waals surface area (Å²) in [4.78, 5) is 36.9. The fourth-order valence-corrected chi connectivity index (χ4v) is 4.14. The number of anilines is 1. The predicted molar refractivity (Wildman–Crippen MR) is 78.3 cm³/mol. The molecular weight excluding hydrogens is 308 g/mol. The van der Waals surface area contributed by atoms with Gasteiger partial charge in [-0.1, -0.05) is 23.8 Å². The van der Waals surface area contributed by atoms with E-state index in [0.717, 1.165) is 11.3 Å². The van der Waals surface area contributed by atoms with Gasteiger partial charge in [0.05, 0.1) is 16.8 Å². The van der Waals surface area contributed by atoms with E-state index in [4.69, 9.17) is 11.6 Å². The number of amides is 2. The second kappa shape index (κ2) is 4.39. The maximum Gasteiger partial charge on any atom is 0.294 e. The lowest BCUT2D eigenvalue weighted by atomic mass is 9.85. The molecule has 2 amide bonds. The van der Waals surface area contributed by atoms with Crippen LogP contribution in [0.1, 0.15) is 6.42 Å². The van der Waals surface area contributed by atoms with Crippen LogP contribution in [0.25, 0.3) is 0 Å². The van der Waals surface area contributed by atoms with Gasteiger partial charge in [-0.2, -0.15) is 0 Å². The third-order valence-corrected chi connectivity index (χ3v) is 5.08. The minimum Gasteiger partial charge on any atom is -0.274 e. The second-order valence-electron chi connectivity index (χ2n) is 5.90. The molecule has 2 bridgehead atoms. The van der Waals surface area contributed by atoms with Gasteiger partial charge in [0.1, 0.15) is 5.69 Å². The average Bonchev–Trinajstić information content (AvgIpc) is 3.14. The number of rotatable bonds is 2. The first-order valence-corrected chi connectivity index (χ1v) is 7.37. The van der Waals surface area contributed by atoms with E-state index >= 15 is 0 Å². The van der Waals surface area contributed by atoms with Crippen LogP contribution in [0.3, 0.4) is 0 Å². The van der Waals surface area contributed by atoms with Crippen molar-refractivity contribution in [1.82, 2.24) is 0 Å². The summed E-state index contributed by atoms with van der Waals surface area (Å²) in [6.45, 7) is 0. The molecule has 4 rings (SSSR count). The Bertz CT molecular complexity index is 730. The number of halogens is 1. The third kappa shape index (κ3) is 1.61. The normalized spacial score (nSPS) is 32.0. The van der Waals surface area contributed by atoms with Gasteiger partial charge in [-0.05, 0) is 30.4 Å². The zero-order valence-electron chi connectivity index (χ0n) is 11.3. The third-order valence-electron chi connectivity index (χ3n) is 4.85. The number of carbonyl (C=O) groups excluding carboxylic acids is 2. The lowest BCUT2D eigenvalue weighted by Gasteiger charge is -2.17. The highest BCUT2D eigenvalue weighted by molar-refractivity contribution is 6.31. The van der Waals surface area contributed by atoms with Crippen molar-refractivity contribution >= 4 is 34.8 Å². The summed E-state index contributed by atoms with van der Waals surface area (Å²) in [6.07, 6.45) is 4.79. The van der Waals surface area contributed by atoms with Crippen molar-refractivity contribution < 1.29 is 14.5 Å². The van der Waals surface area contributed by atoms with Crippen LogP contribution in [0, 0.1) is 33.8 Å². The van der Waals surface area contributed by atoms with Crippen LogP contribution in [0.15, 0.2) is 30.4 Å². The Morgan fingerprint density at radius 1 is 1.14 bits per heavy atom. The van der Waals surface area contributed by atoms with Gasteiger partial charge in [0.15, 0.2) is 0 Å². The molecule has 6 nitrogen and oxygen atoms in total. The number of nitrogens with zero attached hydrogens (tertiary/aromatic N) is 2. The van der Waals surface area contributed by atoms with E-state index in [1.165, 1.54) is 18.2 Å². The number of imide groups is 1. The van der Waals surface area contributed by atoms with E-state index in [0.29, 0.717) is 0 Å². The van der Waals surface area contributed by atoms with Crippen molar-refractivity contribution in [2.75, 3.05) is 4.90 Å². The first-order chi connectivity index (χ1) is 10.5. The van der Waals surface area contributed by atoms with Crippen LogP contribution >= 0.6 is 11.6 Å². The topological polar surface area (TPSA) is 80.5 Å². The molecule has 0 unspecified atom stereocenters. The molecule has 0 aromatic heterocycles. The number of carbonyl (C=O) groups is 2. The summed E-state index contributed by atoms with van der Waals surface area (Å²) < 4.78 is 0. The molecule has 1 aromatic rings. The van der Waals surface area contributed by atoms with E-state index in [-0.39, 0.29) is 51.9 Å². The van der Waals surface area contributed by atoms with Gasteiger partial charge < -0.3 is 0 Å². The largest absolute Gasteiger partial charge is 0.294 e. The highest BCUT2D eigenvalue weighted by Gasteiger charge is 2.60. The van der Waals surface area contributed by atoms with Crippen LogP contribution in [0.4, 0.5) is 11.4 Å². The quantitative estimate of drug-likeness (QED) is 0.363. The summed E-state index contributed by atoms with van der Waals surface area (Å²) in [5.74, 6) is -1.28. The molecule has 7 heteroatoms. The predicted octanol–water partition coefficient (Wildman–Crippen LogP) is 2.56. The minimum atomic E-state index is -0.622. The Morgan fingerprint density at radius 3 is 2.27 bits per heavy atom. The number of hydrogen-bond donors (Lipinski definition) is 0. The molecule has 1 heterocycles. The lowest BCUT2D eigenvalue weighted by molar-refractivity contribution is -0.384. The Balaban J connectivity index is 1.81. The van der Waals surface area contributed by atoms with Crippen molar-refractivity contribution in [1.29, 1.82) is 0 Å². The SMILES string of the molecule is O=C1[C@@H]2[C@H](C(=O)N1c1ccc(Cl)cc1[N+](=O)[O-])[C@H]1C=C[C@H]2C1. The van der Waals surface area contributed by atoms with Crippen molar-refractivity contribution in [2.45, 2.75) is 6.42 Å². The zero-order chi connectivity index (χ0) is 15.6. The summed E-state index contributed by atoms with van der Waals surface area (Å²) >= 11 is 5.79. The Hall–Kier alpha value is -2.21. The molecule has 1 saturated carbocycles. The van der Waals surface area contributed by atoms with E-state index in [2.05, 4.69) is 0 Å². The van der Waals surface area contributed by atoms with Crippen LogP contribution in [0.5, 0.6) is 0 Å². The number of nitro benzene ring substituents is 1. The maximum absolute atomic E-state index is 12.7. The van der Waals surface area contributed by atoms with E-state index in [1.54, 1.807) is 0 Å².